The molecule has 1 unspecified atom stereocenters. The Hall–Kier alpha value is -2.97. The first-order valence-electron chi connectivity index (χ1n) is 12.6. The third-order valence-electron chi connectivity index (χ3n) is 6.44. The Balaban J connectivity index is 1.79. The molecule has 1 aromatic carbocycles. The average molecular weight is 500 g/mol. The van der Waals surface area contributed by atoms with Crippen LogP contribution in [0.3, 0.4) is 0 Å². The Bertz CT molecular complexity index is 997. The highest BCUT2D eigenvalue weighted by molar-refractivity contribution is 5.99. The molecule has 1 aromatic heterocycles. The molecule has 0 amide bonds. The van der Waals surface area contributed by atoms with Crippen LogP contribution in [0.2, 0.25) is 0 Å². The molecule has 0 radical (unpaired) electrons. The molecule has 196 valence electrons. The molecule has 0 spiro atoms. The smallest absolute Gasteiger partial charge is 0.312 e. The van der Waals surface area contributed by atoms with E-state index in [1.165, 1.54) is 19.4 Å². The number of Topliss-reactive ketones (excluding diaryl/α,β-unsaturated/α-hetero) is 1. The van der Waals surface area contributed by atoms with E-state index >= 15 is 0 Å². The van der Waals surface area contributed by atoms with Gasteiger partial charge in [-0.15, -0.1) is 0 Å². The fraction of sp³-hybridized carbons (Fsp3) is 0.536. The summed E-state index contributed by atoms with van der Waals surface area (Å²) in [5.74, 6) is -2.12. The molecule has 1 fully saturated rings. The maximum absolute atomic E-state index is 13.1. The number of hydrogen-bond donors (Lipinski definition) is 1. The lowest BCUT2D eigenvalue weighted by molar-refractivity contribution is -0.166. The van der Waals surface area contributed by atoms with Crippen LogP contribution in [-0.4, -0.2) is 60.5 Å². The molecule has 5 atom stereocenters. The van der Waals surface area contributed by atoms with E-state index in [1.807, 2.05) is 32.0 Å². The standard InChI is InChI=1S/C28H37NO7/c1-5-9-18(2)35-27-19(3)36-28(32)22(15-23(30)25-26(31)24(33-4)12-13-29-25)17-34-16-21(27)14-20-10-7-6-8-11-20/h6-8,10-13,18-19,21-22,27,31H,5,9,14-17H2,1-4H3/t18?,19-,21-,22-,27-/m0/s1. The highest BCUT2D eigenvalue weighted by atomic mass is 16.6. The number of carbonyl (C=O) groups excluding carboxylic acids is 2. The van der Waals surface area contributed by atoms with E-state index in [0.29, 0.717) is 13.0 Å². The zero-order chi connectivity index (χ0) is 26.1. The molecule has 2 aromatic rings. The highest BCUT2D eigenvalue weighted by Crippen LogP contribution is 2.30. The SMILES string of the molecule is CCCC(C)O[C@@H]1[C@@H](Cc2ccccc2)COC[C@H](CC(=O)c2nccc(OC)c2O)C(=O)O[C@H]1C. The molecule has 2 heterocycles. The van der Waals surface area contributed by atoms with Gasteiger partial charge in [0.2, 0.25) is 0 Å². The largest absolute Gasteiger partial charge is 0.503 e. The summed E-state index contributed by atoms with van der Waals surface area (Å²) in [6.45, 7) is 6.34. The maximum atomic E-state index is 13.1. The number of rotatable bonds is 10. The molecular weight excluding hydrogens is 462 g/mol. The number of methoxy groups -OCH3 is 1. The second-order valence-corrected chi connectivity index (χ2v) is 9.36. The predicted octanol–water partition coefficient (Wildman–Crippen LogP) is 4.38. The number of nitrogens with zero attached hydrogens (tertiary/aromatic N) is 1. The van der Waals surface area contributed by atoms with Crippen molar-refractivity contribution in [3.05, 3.63) is 53.9 Å². The number of carbonyl (C=O) groups is 2. The van der Waals surface area contributed by atoms with Crippen LogP contribution in [0.5, 0.6) is 11.5 Å². The van der Waals surface area contributed by atoms with Gasteiger partial charge in [-0.25, -0.2) is 4.98 Å². The minimum Gasteiger partial charge on any atom is -0.503 e. The molecule has 8 heteroatoms. The Labute approximate surface area is 212 Å². The summed E-state index contributed by atoms with van der Waals surface area (Å²) in [5, 5.41) is 10.3. The number of esters is 1. The maximum Gasteiger partial charge on any atom is 0.312 e. The average Bonchev–Trinajstić information content (AvgIpc) is 2.90. The molecule has 1 N–H and O–H groups in total. The number of cyclic esters (lactones) is 1. The van der Waals surface area contributed by atoms with Crippen molar-refractivity contribution in [2.24, 2.45) is 11.8 Å². The quantitative estimate of drug-likeness (QED) is 0.379. The lowest BCUT2D eigenvalue weighted by atomic mass is 9.91. The van der Waals surface area contributed by atoms with Crippen LogP contribution in [0.15, 0.2) is 42.6 Å². The fourth-order valence-corrected chi connectivity index (χ4v) is 4.58. The number of ketones is 1. The van der Waals surface area contributed by atoms with Crippen molar-refractivity contribution in [2.45, 2.75) is 64.8 Å². The van der Waals surface area contributed by atoms with Gasteiger partial charge in [-0.2, -0.15) is 0 Å². The summed E-state index contributed by atoms with van der Waals surface area (Å²) in [7, 11) is 1.39. The molecule has 1 saturated heterocycles. The van der Waals surface area contributed by atoms with Gasteiger partial charge in [0.05, 0.1) is 38.4 Å². The van der Waals surface area contributed by atoms with Crippen LogP contribution in [0, 0.1) is 11.8 Å². The molecule has 36 heavy (non-hydrogen) atoms. The third kappa shape index (κ3) is 7.27. The molecular formula is C28H37NO7. The number of aromatic nitrogens is 1. The van der Waals surface area contributed by atoms with Crippen molar-refractivity contribution >= 4 is 11.8 Å². The van der Waals surface area contributed by atoms with E-state index in [9.17, 15) is 14.7 Å². The van der Waals surface area contributed by atoms with E-state index in [2.05, 4.69) is 24.0 Å². The summed E-state index contributed by atoms with van der Waals surface area (Å²) in [4.78, 5) is 30.0. The molecule has 0 aliphatic carbocycles. The van der Waals surface area contributed by atoms with Crippen LogP contribution in [0.1, 0.15) is 56.1 Å². The van der Waals surface area contributed by atoms with E-state index in [0.717, 1.165) is 18.4 Å². The van der Waals surface area contributed by atoms with Crippen LogP contribution in [0.25, 0.3) is 0 Å². The zero-order valence-electron chi connectivity index (χ0n) is 21.5. The van der Waals surface area contributed by atoms with Crippen molar-refractivity contribution in [1.82, 2.24) is 4.98 Å². The number of ether oxygens (including phenoxy) is 4. The van der Waals surface area contributed by atoms with Crippen molar-refractivity contribution in [3.8, 4) is 11.5 Å². The topological polar surface area (TPSA) is 104 Å². The Kier molecular flexibility index (Phi) is 10.3. The molecule has 8 nitrogen and oxygen atoms in total. The number of pyridine rings is 1. The lowest BCUT2D eigenvalue weighted by Gasteiger charge is -2.33. The zero-order valence-corrected chi connectivity index (χ0v) is 21.5. The number of benzene rings is 1. The summed E-state index contributed by atoms with van der Waals surface area (Å²) in [6.07, 6.45) is 2.85. The number of aromatic hydroxyl groups is 1. The van der Waals surface area contributed by atoms with Gasteiger partial charge in [-0.05, 0) is 32.3 Å². The third-order valence-corrected chi connectivity index (χ3v) is 6.44. The van der Waals surface area contributed by atoms with E-state index in [1.54, 1.807) is 0 Å². The van der Waals surface area contributed by atoms with Gasteiger partial charge in [0.1, 0.15) is 6.10 Å². The van der Waals surface area contributed by atoms with E-state index in [-0.39, 0.29) is 48.3 Å². The first-order chi connectivity index (χ1) is 17.3. The normalized spacial score (nSPS) is 23.6. The van der Waals surface area contributed by atoms with Crippen LogP contribution >= 0.6 is 0 Å². The molecule has 1 aliphatic heterocycles. The van der Waals surface area contributed by atoms with Crippen LogP contribution in [-0.2, 0) is 25.4 Å². The van der Waals surface area contributed by atoms with Gasteiger partial charge in [0.25, 0.3) is 0 Å². The molecule has 3 rings (SSSR count). The number of hydrogen-bond acceptors (Lipinski definition) is 8. The van der Waals surface area contributed by atoms with Gasteiger partial charge < -0.3 is 24.1 Å². The van der Waals surface area contributed by atoms with Gasteiger partial charge in [0, 0.05) is 24.6 Å². The Morgan fingerprint density at radius 3 is 2.67 bits per heavy atom. The minimum atomic E-state index is -0.837. The molecule has 0 saturated carbocycles. The first kappa shape index (κ1) is 27.6. The molecule has 0 bridgehead atoms. The second kappa shape index (κ2) is 13.4. The highest BCUT2D eigenvalue weighted by Gasteiger charge is 2.37. The summed E-state index contributed by atoms with van der Waals surface area (Å²) in [6, 6.07) is 11.5. The summed E-state index contributed by atoms with van der Waals surface area (Å²) in [5.41, 5.74) is 0.999. The second-order valence-electron chi connectivity index (χ2n) is 9.36. The van der Waals surface area contributed by atoms with Crippen molar-refractivity contribution < 1.29 is 33.6 Å². The minimum absolute atomic E-state index is 0.000311. The van der Waals surface area contributed by atoms with Crippen LogP contribution < -0.4 is 4.74 Å². The van der Waals surface area contributed by atoms with E-state index < -0.39 is 23.8 Å². The Morgan fingerprint density at radius 1 is 1.22 bits per heavy atom. The van der Waals surface area contributed by atoms with Crippen molar-refractivity contribution in [1.29, 1.82) is 0 Å². The molecule has 1 aliphatic rings. The summed E-state index contributed by atoms with van der Waals surface area (Å²) < 4.78 is 23.3. The monoisotopic (exact) mass is 499 g/mol. The van der Waals surface area contributed by atoms with Crippen molar-refractivity contribution in [3.63, 3.8) is 0 Å². The van der Waals surface area contributed by atoms with Gasteiger partial charge in [-0.1, -0.05) is 43.7 Å². The Morgan fingerprint density at radius 2 is 1.97 bits per heavy atom. The van der Waals surface area contributed by atoms with Crippen LogP contribution in [0.4, 0.5) is 0 Å². The van der Waals surface area contributed by atoms with Gasteiger partial charge in [-0.3, -0.25) is 9.59 Å². The van der Waals surface area contributed by atoms with Crippen molar-refractivity contribution in [2.75, 3.05) is 20.3 Å². The lowest BCUT2D eigenvalue weighted by Crippen LogP contribution is -2.42. The van der Waals surface area contributed by atoms with Gasteiger partial charge in [0.15, 0.2) is 23.0 Å². The predicted molar refractivity (Wildman–Crippen MR) is 134 cm³/mol. The van der Waals surface area contributed by atoms with E-state index in [4.69, 9.17) is 18.9 Å². The summed E-state index contributed by atoms with van der Waals surface area (Å²) >= 11 is 0. The van der Waals surface area contributed by atoms with Gasteiger partial charge >= 0.3 is 5.97 Å². The fourth-order valence-electron chi connectivity index (χ4n) is 4.58. The first-order valence-corrected chi connectivity index (χ1v) is 12.6.